The first-order valence-electron chi connectivity index (χ1n) is 4.71. The topological polar surface area (TPSA) is 72.2 Å². The van der Waals surface area contributed by atoms with Crippen molar-refractivity contribution in [2.24, 2.45) is 11.7 Å². The lowest BCUT2D eigenvalue weighted by Gasteiger charge is -2.16. The van der Waals surface area contributed by atoms with Gasteiger partial charge >= 0.3 is 0 Å². The average molecular weight is 220 g/mol. The van der Waals surface area contributed by atoms with E-state index in [1.54, 1.807) is 6.26 Å². The van der Waals surface area contributed by atoms with Crippen LogP contribution in [0.15, 0.2) is 0 Å². The van der Waals surface area contributed by atoms with Crippen LogP contribution in [-0.2, 0) is 15.6 Å². The standard InChI is InChI=1S/C9H20N2O2S/c1-6(2)8(10)9(12)11-5-7(3)14(4)13/h6-8H,5,10H2,1-4H3,(H,11,12)/t7?,8-,14?/m0/s1. The quantitative estimate of drug-likeness (QED) is 0.677. The molecule has 0 aromatic heterocycles. The lowest BCUT2D eigenvalue weighted by Crippen LogP contribution is -2.46. The van der Waals surface area contributed by atoms with Gasteiger partial charge in [0.1, 0.15) is 0 Å². The van der Waals surface area contributed by atoms with Gasteiger partial charge in [-0.15, -0.1) is 0 Å². The zero-order valence-corrected chi connectivity index (χ0v) is 10.1. The first-order chi connectivity index (χ1) is 6.36. The summed E-state index contributed by atoms with van der Waals surface area (Å²) in [6.07, 6.45) is 1.62. The molecule has 0 aromatic carbocycles. The van der Waals surface area contributed by atoms with Crippen LogP contribution in [0.4, 0.5) is 0 Å². The van der Waals surface area contributed by atoms with Crippen molar-refractivity contribution >= 4 is 16.7 Å². The van der Waals surface area contributed by atoms with Crippen LogP contribution in [0.1, 0.15) is 20.8 Å². The van der Waals surface area contributed by atoms with Gasteiger partial charge in [0.05, 0.1) is 6.04 Å². The number of nitrogens with two attached hydrogens (primary N) is 1. The molecule has 0 spiro atoms. The highest BCUT2D eigenvalue weighted by molar-refractivity contribution is 7.84. The summed E-state index contributed by atoms with van der Waals surface area (Å²) in [5.74, 6) is -0.0465. The second-order valence-corrected chi connectivity index (χ2v) is 5.63. The van der Waals surface area contributed by atoms with Crippen LogP contribution in [0.5, 0.6) is 0 Å². The molecule has 5 heteroatoms. The van der Waals surface area contributed by atoms with Gasteiger partial charge < -0.3 is 11.1 Å². The third-order valence-electron chi connectivity index (χ3n) is 2.15. The number of hydrogen-bond acceptors (Lipinski definition) is 3. The Labute approximate surface area is 88.1 Å². The van der Waals surface area contributed by atoms with Crippen molar-refractivity contribution in [2.75, 3.05) is 12.8 Å². The maximum Gasteiger partial charge on any atom is 0.237 e. The highest BCUT2D eigenvalue weighted by atomic mass is 32.2. The number of rotatable bonds is 5. The average Bonchev–Trinajstić information content (AvgIpc) is 2.11. The lowest BCUT2D eigenvalue weighted by molar-refractivity contribution is -0.123. The maximum absolute atomic E-state index is 11.4. The molecule has 14 heavy (non-hydrogen) atoms. The minimum absolute atomic E-state index is 0.0293. The molecule has 0 aromatic rings. The van der Waals surface area contributed by atoms with E-state index in [9.17, 15) is 9.00 Å². The van der Waals surface area contributed by atoms with Crippen molar-refractivity contribution in [3.8, 4) is 0 Å². The van der Waals surface area contributed by atoms with Crippen LogP contribution >= 0.6 is 0 Å². The van der Waals surface area contributed by atoms with E-state index < -0.39 is 16.8 Å². The molecule has 3 N–H and O–H groups in total. The number of carbonyl (C=O) groups is 1. The van der Waals surface area contributed by atoms with Crippen LogP contribution in [0, 0.1) is 5.92 Å². The second-order valence-electron chi connectivity index (χ2n) is 3.82. The molecule has 2 unspecified atom stereocenters. The van der Waals surface area contributed by atoms with Crippen molar-refractivity contribution < 1.29 is 9.00 Å². The summed E-state index contributed by atoms with van der Waals surface area (Å²) >= 11 is 0. The Balaban J connectivity index is 3.91. The summed E-state index contributed by atoms with van der Waals surface area (Å²) in [6.45, 7) is 6.04. The van der Waals surface area contributed by atoms with Crippen LogP contribution in [-0.4, -0.2) is 34.2 Å². The Morgan fingerprint density at radius 3 is 2.29 bits per heavy atom. The highest BCUT2D eigenvalue weighted by Crippen LogP contribution is 1.98. The molecule has 84 valence electrons. The molecule has 0 fully saturated rings. The number of amides is 1. The minimum atomic E-state index is -0.906. The molecule has 0 heterocycles. The van der Waals surface area contributed by atoms with E-state index >= 15 is 0 Å². The van der Waals surface area contributed by atoms with Gasteiger partial charge in [0, 0.05) is 28.9 Å². The first kappa shape index (κ1) is 13.6. The van der Waals surface area contributed by atoms with Gasteiger partial charge in [-0.05, 0) is 12.8 Å². The van der Waals surface area contributed by atoms with Crippen LogP contribution in [0.3, 0.4) is 0 Å². The summed E-state index contributed by atoms with van der Waals surface area (Å²) in [4.78, 5) is 11.4. The summed E-state index contributed by atoms with van der Waals surface area (Å²) in [7, 11) is -0.906. The second kappa shape index (κ2) is 6.14. The van der Waals surface area contributed by atoms with Crippen LogP contribution in [0.25, 0.3) is 0 Å². The van der Waals surface area contributed by atoms with Gasteiger partial charge in [0.25, 0.3) is 0 Å². The Hall–Kier alpha value is -0.420. The normalized spacial score (nSPS) is 17.6. The predicted octanol–water partition coefficient (Wildman–Crippen LogP) is -0.147. The molecule has 0 aliphatic rings. The Kier molecular flexibility index (Phi) is 5.95. The van der Waals surface area contributed by atoms with Crippen molar-refractivity contribution in [1.29, 1.82) is 0 Å². The fraction of sp³-hybridized carbons (Fsp3) is 0.889. The summed E-state index contributed by atoms with van der Waals surface area (Å²) in [5, 5.41) is 2.66. The van der Waals surface area contributed by atoms with E-state index in [0.29, 0.717) is 6.54 Å². The van der Waals surface area contributed by atoms with Gasteiger partial charge in [-0.3, -0.25) is 9.00 Å². The van der Waals surface area contributed by atoms with E-state index in [0.717, 1.165) is 0 Å². The number of carbonyl (C=O) groups excluding carboxylic acids is 1. The van der Waals surface area contributed by atoms with E-state index in [2.05, 4.69) is 5.32 Å². The van der Waals surface area contributed by atoms with E-state index in [4.69, 9.17) is 5.73 Å². The number of hydrogen-bond donors (Lipinski definition) is 2. The van der Waals surface area contributed by atoms with Crippen molar-refractivity contribution in [3.63, 3.8) is 0 Å². The van der Waals surface area contributed by atoms with Crippen molar-refractivity contribution in [1.82, 2.24) is 5.32 Å². The monoisotopic (exact) mass is 220 g/mol. The lowest BCUT2D eigenvalue weighted by atomic mass is 10.1. The largest absolute Gasteiger partial charge is 0.354 e. The van der Waals surface area contributed by atoms with Gasteiger partial charge in [0.15, 0.2) is 0 Å². The van der Waals surface area contributed by atoms with Gasteiger partial charge in [0.2, 0.25) is 5.91 Å². The third kappa shape index (κ3) is 4.72. The molecular weight excluding hydrogens is 200 g/mol. The Morgan fingerprint density at radius 1 is 1.43 bits per heavy atom. The Morgan fingerprint density at radius 2 is 1.93 bits per heavy atom. The Bertz CT molecular complexity index is 219. The molecule has 0 bridgehead atoms. The van der Waals surface area contributed by atoms with E-state index in [-0.39, 0.29) is 17.1 Å². The van der Waals surface area contributed by atoms with Gasteiger partial charge in [-0.2, -0.15) is 0 Å². The molecule has 0 saturated heterocycles. The molecular formula is C9H20N2O2S. The maximum atomic E-state index is 11.4. The van der Waals surface area contributed by atoms with Gasteiger partial charge in [-0.25, -0.2) is 0 Å². The molecule has 0 saturated carbocycles. The minimum Gasteiger partial charge on any atom is -0.354 e. The molecule has 0 aliphatic carbocycles. The summed E-state index contributed by atoms with van der Waals surface area (Å²) in [6, 6.07) is -0.479. The van der Waals surface area contributed by atoms with Crippen molar-refractivity contribution in [3.05, 3.63) is 0 Å². The summed E-state index contributed by atoms with van der Waals surface area (Å²) in [5.41, 5.74) is 5.63. The van der Waals surface area contributed by atoms with E-state index in [1.165, 1.54) is 0 Å². The molecule has 0 radical (unpaired) electrons. The molecule has 3 atom stereocenters. The van der Waals surface area contributed by atoms with Crippen LogP contribution < -0.4 is 11.1 Å². The van der Waals surface area contributed by atoms with Crippen molar-refractivity contribution in [2.45, 2.75) is 32.1 Å². The predicted molar refractivity (Wildman–Crippen MR) is 59.4 cm³/mol. The molecule has 0 rings (SSSR count). The molecule has 4 nitrogen and oxygen atoms in total. The van der Waals surface area contributed by atoms with E-state index in [1.807, 2.05) is 20.8 Å². The third-order valence-corrected chi connectivity index (χ3v) is 3.45. The zero-order valence-electron chi connectivity index (χ0n) is 9.24. The highest BCUT2D eigenvalue weighted by Gasteiger charge is 2.17. The summed E-state index contributed by atoms with van der Waals surface area (Å²) < 4.78 is 11.0. The smallest absolute Gasteiger partial charge is 0.237 e. The molecule has 1 amide bonds. The zero-order chi connectivity index (χ0) is 11.3. The van der Waals surface area contributed by atoms with Crippen LogP contribution in [0.2, 0.25) is 0 Å². The number of nitrogens with one attached hydrogen (secondary N) is 1. The molecule has 0 aliphatic heterocycles. The van der Waals surface area contributed by atoms with Gasteiger partial charge in [-0.1, -0.05) is 13.8 Å². The fourth-order valence-electron chi connectivity index (χ4n) is 0.782. The SMILES string of the molecule is CC(C)[C@H](N)C(=O)NCC(C)S(C)=O. The first-order valence-corrected chi connectivity index (χ1v) is 6.34. The fourth-order valence-corrected chi connectivity index (χ4v) is 1.10.